The van der Waals surface area contributed by atoms with E-state index in [1.54, 1.807) is 0 Å². The summed E-state index contributed by atoms with van der Waals surface area (Å²) in [5.41, 5.74) is 2.56. The number of hydrogen-bond acceptors (Lipinski definition) is 2. The summed E-state index contributed by atoms with van der Waals surface area (Å²) < 4.78 is 1.03. The van der Waals surface area contributed by atoms with E-state index in [1.165, 1.54) is 5.56 Å². The van der Waals surface area contributed by atoms with Gasteiger partial charge in [0.1, 0.15) is 0 Å². The fourth-order valence-electron chi connectivity index (χ4n) is 2.34. The topological polar surface area (TPSA) is 24.9 Å². The molecule has 1 N–H and O–H groups in total. The van der Waals surface area contributed by atoms with Crippen molar-refractivity contribution in [1.29, 1.82) is 0 Å². The van der Waals surface area contributed by atoms with Crippen LogP contribution < -0.4 is 5.32 Å². The molecular formula is C17H21BrN2. The smallest absolute Gasteiger partial charge is 0.0413 e. The molecule has 1 aromatic carbocycles. The molecule has 0 radical (unpaired) electrons. The SMILES string of the molecule is CCNCC(Cc1ccccc1)Cc1ccc(Br)cn1. The molecule has 0 fully saturated rings. The molecule has 3 heteroatoms. The Hall–Kier alpha value is -1.19. The predicted molar refractivity (Wildman–Crippen MR) is 87.8 cm³/mol. The highest BCUT2D eigenvalue weighted by atomic mass is 79.9. The van der Waals surface area contributed by atoms with Crippen molar-refractivity contribution < 1.29 is 0 Å². The normalized spacial score (nSPS) is 12.3. The minimum Gasteiger partial charge on any atom is -0.317 e. The Morgan fingerprint density at radius 3 is 2.55 bits per heavy atom. The Morgan fingerprint density at radius 1 is 1.10 bits per heavy atom. The van der Waals surface area contributed by atoms with Gasteiger partial charge in [-0.15, -0.1) is 0 Å². The summed E-state index contributed by atoms with van der Waals surface area (Å²) in [4.78, 5) is 4.49. The summed E-state index contributed by atoms with van der Waals surface area (Å²) in [5, 5.41) is 3.46. The first-order valence-electron chi connectivity index (χ1n) is 7.13. The lowest BCUT2D eigenvalue weighted by atomic mass is 9.94. The van der Waals surface area contributed by atoms with Crippen LogP contribution in [0, 0.1) is 5.92 Å². The van der Waals surface area contributed by atoms with Crippen LogP contribution in [0.2, 0.25) is 0 Å². The Kier molecular flexibility index (Phi) is 6.22. The number of rotatable bonds is 7. The van der Waals surface area contributed by atoms with Crippen LogP contribution in [-0.4, -0.2) is 18.1 Å². The molecule has 0 aliphatic carbocycles. The van der Waals surface area contributed by atoms with E-state index in [0.717, 1.165) is 36.1 Å². The lowest BCUT2D eigenvalue weighted by molar-refractivity contribution is 0.474. The second-order valence-electron chi connectivity index (χ2n) is 5.04. The average Bonchev–Trinajstić information content (AvgIpc) is 2.48. The van der Waals surface area contributed by atoms with Gasteiger partial charge in [0.25, 0.3) is 0 Å². The monoisotopic (exact) mass is 332 g/mol. The number of hydrogen-bond donors (Lipinski definition) is 1. The highest BCUT2D eigenvalue weighted by Crippen LogP contribution is 2.15. The zero-order valence-electron chi connectivity index (χ0n) is 11.8. The quantitative estimate of drug-likeness (QED) is 0.832. The van der Waals surface area contributed by atoms with Gasteiger partial charge >= 0.3 is 0 Å². The van der Waals surface area contributed by atoms with Crippen molar-refractivity contribution in [3.05, 3.63) is 64.4 Å². The fraction of sp³-hybridized carbons (Fsp3) is 0.353. The van der Waals surface area contributed by atoms with Crippen molar-refractivity contribution >= 4 is 15.9 Å². The lowest BCUT2D eigenvalue weighted by Gasteiger charge is -2.17. The molecule has 0 bridgehead atoms. The largest absolute Gasteiger partial charge is 0.317 e. The maximum absolute atomic E-state index is 4.49. The third kappa shape index (κ3) is 5.06. The molecule has 2 nitrogen and oxygen atoms in total. The highest BCUT2D eigenvalue weighted by molar-refractivity contribution is 9.10. The molecule has 0 aliphatic heterocycles. The lowest BCUT2D eigenvalue weighted by Crippen LogP contribution is -2.26. The van der Waals surface area contributed by atoms with Gasteiger partial charge in [-0.05, 0) is 65.5 Å². The Morgan fingerprint density at radius 2 is 1.90 bits per heavy atom. The van der Waals surface area contributed by atoms with Crippen molar-refractivity contribution in [2.45, 2.75) is 19.8 Å². The molecule has 0 amide bonds. The number of nitrogens with one attached hydrogen (secondary N) is 1. The van der Waals surface area contributed by atoms with Crippen LogP contribution in [0.25, 0.3) is 0 Å². The summed E-state index contributed by atoms with van der Waals surface area (Å²) in [6.07, 6.45) is 3.98. The second-order valence-corrected chi connectivity index (χ2v) is 5.95. The molecule has 0 spiro atoms. The number of benzene rings is 1. The predicted octanol–water partition coefficient (Wildman–Crippen LogP) is 3.86. The van der Waals surface area contributed by atoms with E-state index in [2.05, 4.69) is 75.6 Å². The van der Waals surface area contributed by atoms with Crippen LogP contribution >= 0.6 is 15.9 Å². The van der Waals surface area contributed by atoms with Crippen molar-refractivity contribution in [3.8, 4) is 0 Å². The standard InChI is InChI=1S/C17H21BrN2/c1-2-19-12-15(10-14-6-4-3-5-7-14)11-17-9-8-16(18)13-20-17/h3-9,13,15,19H,2,10-12H2,1H3. The molecule has 20 heavy (non-hydrogen) atoms. The number of aromatic nitrogens is 1. The first-order valence-corrected chi connectivity index (χ1v) is 7.92. The van der Waals surface area contributed by atoms with Crippen LogP contribution in [0.3, 0.4) is 0 Å². The Labute approximate surface area is 129 Å². The van der Waals surface area contributed by atoms with Gasteiger partial charge in [-0.25, -0.2) is 0 Å². The first-order chi connectivity index (χ1) is 9.78. The molecule has 0 saturated carbocycles. The summed E-state index contributed by atoms with van der Waals surface area (Å²) >= 11 is 3.43. The summed E-state index contributed by atoms with van der Waals surface area (Å²) in [6, 6.07) is 14.9. The third-order valence-corrected chi connectivity index (χ3v) is 3.81. The van der Waals surface area contributed by atoms with E-state index in [0.29, 0.717) is 5.92 Å². The van der Waals surface area contributed by atoms with Gasteiger partial charge in [0.2, 0.25) is 0 Å². The summed E-state index contributed by atoms with van der Waals surface area (Å²) in [5.74, 6) is 0.575. The van der Waals surface area contributed by atoms with Crippen molar-refractivity contribution in [2.75, 3.05) is 13.1 Å². The van der Waals surface area contributed by atoms with Crippen molar-refractivity contribution in [2.24, 2.45) is 5.92 Å². The average molecular weight is 333 g/mol. The number of halogens is 1. The van der Waals surface area contributed by atoms with Crippen LogP contribution in [0.5, 0.6) is 0 Å². The van der Waals surface area contributed by atoms with E-state index >= 15 is 0 Å². The van der Waals surface area contributed by atoms with Crippen molar-refractivity contribution in [1.82, 2.24) is 10.3 Å². The zero-order valence-corrected chi connectivity index (χ0v) is 13.4. The van der Waals surface area contributed by atoms with Crippen LogP contribution in [0.1, 0.15) is 18.2 Å². The molecule has 2 rings (SSSR count). The van der Waals surface area contributed by atoms with E-state index in [9.17, 15) is 0 Å². The molecule has 1 heterocycles. The maximum Gasteiger partial charge on any atom is 0.0413 e. The Bertz CT molecular complexity index is 496. The van der Waals surface area contributed by atoms with Crippen LogP contribution in [-0.2, 0) is 12.8 Å². The molecule has 1 unspecified atom stereocenters. The fourth-order valence-corrected chi connectivity index (χ4v) is 2.57. The molecule has 106 valence electrons. The maximum atomic E-state index is 4.49. The van der Waals surface area contributed by atoms with E-state index in [1.807, 2.05) is 6.20 Å². The number of pyridine rings is 1. The summed E-state index contributed by atoms with van der Waals surface area (Å²) in [6.45, 7) is 4.19. The Balaban J connectivity index is 2.01. The van der Waals surface area contributed by atoms with Gasteiger partial charge in [0.05, 0.1) is 0 Å². The minimum atomic E-state index is 0.575. The van der Waals surface area contributed by atoms with Crippen molar-refractivity contribution in [3.63, 3.8) is 0 Å². The van der Waals surface area contributed by atoms with Crippen LogP contribution in [0.15, 0.2) is 53.1 Å². The number of nitrogens with zero attached hydrogens (tertiary/aromatic N) is 1. The molecule has 0 aliphatic rings. The first kappa shape index (κ1) is 15.2. The molecule has 2 aromatic rings. The van der Waals surface area contributed by atoms with E-state index in [-0.39, 0.29) is 0 Å². The van der Waals surface area contributed by atoms with Gasteiger partial charge in [0.15, 0.2) is 0 Å². The second kappa shape index (κ2) is 8.18. The van der Waals surface area contributed by atoms with Gasteiger partial charge in [0, 0.05) is 16.4 Å². The highest BCUT2D eigenvalue weighted by Gasteiger charge is 2.11. The van der Waals surface area contributed by atoms with E-state index in [4.69, 9.17) is 0 Å². The van der Waals surface area contributed by atoms with Gasteiger partial charge < -0.3 is 5.32 Å². The van der Waals surface area contributed by atoms with Crippen LogP contribution in [0.4, 0.5) is 0 Å². The molecule has 0 saturated heterocycles. The minimum absolute atomic E-state index is 0.575. The molecule has 1 aromatic heterocycles. The van der Waals surface area contributed by atoms with Gasteiger partial charge in [-0.1, -0.05) is 37.3 Å². The molecule has 1 atom stereocenters. The third-order valence-electron chi connectivity index (χ3n) is 3.34. The zero-order chi connectivity index (χ0) is 14.2. The molecular weight excluding hydrogens is 312 g/mol. The van der Waals surface area contributed by atoms with E-state index < -0.39 is 0 Å². The summed E-state index contributed by atoms with van der Waals surface area (Å²) in [7, 11) is 0. The van der Waals surface area contributed by atoms with Gasteiger partial charge in [-0.2, -0.15) is 0 Å². The van der Waals surface area contributed by atoms with Gasteiger partial charge in [-0.3, -0.25) is 4.98 Å².